The van der Waals surface area contributed by atoms with E-state index in [0.29, 0.717) is 31.4 Å². The molecule has 1 fully saturated rings. The highest BCUT2D eigenvalue weighted by Gasteiger charge is 2.32. The average molecular weight is 478 g/mol. The molecule has 1 aliphatic carbocycles. The quantitative estimate of drug-likeness (QED) is 0.328. The Labute approximate surface area is 212 Å². The summed E-state index contributed by atoms with van der Waals surface area (Å²) in [6.07, 6.45) is 17.4. The summed E-state index contributed by atoms with van der Waals surface area (Å²) in [5.74, 6) is 3.92. The first-order chi connectivity index (χ1) is 16.8. The molecule has 1 aliphatic heterocycles. The van der Waals surface area contributed by atoms with E-state index in [4.69, 9.17) is 15.6 Å². The maximum Gasteiger partial charge on any atom is 0.289 e. The SMILES string of the molecule is C#C/C(C1=C(C(=C)C2CCCCC2)COC(C)(C)C1)=C(/C)CCCN(CCC)C(=O)c1ccco1. The molecule has 1 amide bonds. The first kappa shape index (κ1) is 27.1. The number of terminal acetylenes is 1. The molecule has 0 bridgehead atoms. The van der Waals surface area contributed by atoms with Crippen LogP contribution in [0.1, 0.15) is 96.0 Å². The highest BCUT2D eigenvalue weighted by molar-refractivity contribution is 5.91. The van der Waals surface area contributed by atoms with Gasteiger partial charge in [0, 0.05) is 25.1 Å². The number of carbonyl (C=O) groups is 1. The van der Waals surface area contributed by atoms with Gasteiger partial charge in [-0.05, 0) is 87.6 Å². The second kappa shape index (κ2) is 12.5. The minimum absolute atomic E-state index is 0.0457. The van der Waals surface area contributed by atoms with Gasteiger partial charge in [-0.3, -0.25) is 4.79 Å². The number of furan rings is 1. The van der Waals surface area contributed by atoms with Crippen LogP contribution < -0.4 is 0 Å². The molecule has 4 heteroatoms. The minimum Gasteiger partial charge on any atom is -0.459 e. The number of hydrogen-bond donors (Lipinski definition) is 0. The Kier molecular flexibility index (Phi) is 9.63. The van der Waals surface area contributed by atoms with E-state index in [1.807, 2.05) is 4.90 Å². The molecular formula is C31H43NO3. The zero-order valence-electron chi connectivity index (χ0n) is 22.3. The van der Waals surface area contributed by atoms with Crippen LogP contribution in [0.4, 0.5) is 0 Å². The summed E-state index contributed by atoms with van der Waals surface area (Å²) >= 11 is 0. The monoisotopic (exact) mass is 477 g/mol. The van der Waals surface area contributed by atoms with E-state index in [1.54, 1.807) is 18.4 Å². The molecule has 0 saturated heterocycles. The van der Waals surface area contributed by atoms with Gasteiger partial charge in [0.25, 0.3) is 5.91 Å². The fourth-order valence-corrected chi connectivity index (χ4v) is 5.43. The van der Waals surface area contributed by atoms with Crippen molar-refractivity contribution in [3.8, 4) is 12.3 Å². The van der Waals surface area contributed by atoms with E-state index in [1.165, 1.54) is 54.4 Å². The van der Waals surface area contributed by atoms with E-state index < -0.39 is 0 Å². The summed E-state index contributed by atoms with van der Waals surface area (Å²) in [6.45, 7) is 15.0. The summed E-state index contributed by atoms with van der Waals surface area (Å²) in [6, 6.07) is 3.48. The van der Waals surface area contributed by atoms with Gasteiger partial charge in [0.2, 0.25) is 0 Å². The van der Waals surface area contributed by atoms with Crippen LogP contribution in [0, 0.1) is 18.3 Å². The molecule has 35 heavy (non-hydrogen) atoms. The molecule has 0 radical (unpaired) electrons. The normalized spacial score (nSPS) is 19.2. The third-order valence-electron chi connectivity index (χ3n) is 7.43. The van der Waals surface area contributed by atoms with Gasteiger partial charge in [-0.25, -0.2) is 0 Å². The van der Waals surface area contributed by atoms with Gasteiger partial charge < -0.3 is 14.1 Å². The van der Waals surface area contributed by atoms with E-state index in [9.17, 15) is 4.79 Å². The first-order valence-corrected chi connectivity index (χ1v) is 13.3. The summed E-state index contributed by atoms with van der Waals surface area (Å²) in [7, 11) is 0. The van der Waals surface area contributed by atoms with Crippen molar-refractivity contribution in [1.29, 1.82) is 0 Å². The largest absolute Gasteiger partial charge is 0.459 e. The summed E-state index contributed by atoms with van der Waals surface area (Å²) in [4.78, 5) is 14.7. The Morgan fingerprint density at radius 3 is 2.60 bits per heavy atom. The van der Waals surface area contributed by atoms with Gasteiger partial charge in [-0.15, -0.1) is 6.42 Å². The van der Waals surface area contributed by atoms with Crippen molar-refractivity contribution in [2.24, 2.45) is 5.92 Å². The highest BCUT2D eigenvalue weighted by Crippen LogP contribution is 2.41. The molecule has 190 valence electrons. The molecule has 0 N–H and O–H groups in total. The fraction of sp³-hybridized carbons (Fsp3) is 0.581. The Hall–Kier alpha value is -2.51. The first-order valence-electron chi connectivity index (χ1n) is 13.3. The lowest BCUT2D eigenvalue weighted by Crippen LogP contribution is -2.33. The third-order valence-corrected chi connectivity index (χ3v) is 7.43. The van der Waals surface area contributed by atoms with Crippen molar-refractivity contribution in [3.63, 3.8) is 0 Å². The van der Waals surface area contributed by atoms with Gasteiger partial charge >= 0.3 is 0 Å². The molecule has 2 aliphatic rings. The maximum absolute atomic E-state index is 12.8. The topological polar surface area (TPSA) is 42.7 Å². The predicted molar refractivity (Wildman–Crippen MR) is 143 cm³/mol. The predicted octanol–water partition coefficient (Wildman–Crippen LogP) is 7.49. The smallest absolute Gasteiger partial charge is 0.289 e. The molecule has 0 aromatic carbocycles. The molecule has 1 aromatic heterocycles. The Balaban J connectivity index is 1.79. The summed E-state index contributed by atoms with van der Waals surface area (Å²) in [5, 5.41) is 0. The van der Waals surface area contributed by atoms with Crippen LogP contribution in [0.2, 0.25) is 0 Å². The van der Waals surface area contributed by atoms with E-state index >= 15 is 0 Å². The summed E-state index contributed by atoms with van der Waals surface area (Å²) < 4.78 is 11.6. The number of amides is 1. The molecule has 4 nitrogen and oxygen atoms in total. The number of hydrogen-bond acceptors (Lipinski definition) is 3. The zero-order valence-corrected chi connectivity index (χ0v) is 22.3. The van der Waals surface area contributed by atoms with Crippen LogP contribution in [-0.2, 0) is 4.74 Å². The third kappa shape index (κ3) is 7.01. The number of nitrogens with zero attached hydrogens (tertiary/aromatic N) is 1. The van der Waals surface area contributed by atoms with Gasteiger partial charge in [0.1, 0.15) is 0 Å². The van der Waals surface area contributed by atoms with E-state index in [-0.39, 0.29) is 11.5 Å². The van der Waals surface area contributed by atoms with Crippen molar-refractivity contribution in [2.45, 2.75) is 91.1 Å². The molecular weight excluding hydrogens is 434 g/mol. The number of carbonyl (C=O) groups excluding carboxylic acids is 1. The average Bonchev–Trinajstić information content (AvgIpc) is 3.38. The van der Waals surface area contributed by atoms with Crippen molar-refractivity contribution in [3.05, 3.63) is 58.6 Å². The maximum atomic E-state index is 12.8. The van der Waals surface area contributed by atoms with Crippen LogP contribution in [0.25, 0.3) is 0 Å². The van der Waals surface area contributed by atoms with Crippen LogP contribution in [0.5, 0.6) is 0 Å². The second-order valence-electron chi connectivity index (χ2n) is 10.7. The highest BCUT2D eigenvalue weighted by atomic mass is 16.5. The fourth-order valence-electron chi connectivity index (χ4n) is 5.43. The molecule has 1 saturated carbocycles. The van der Waals surface area contributed by atoms with Crippen LogP contribution in [0.3, 0.4) is 0 Å². The molecule has 3 rings (SSSR count). The van der Waals surface area contributed by atoms with E-state index in [2.05, 4.69) is 40.2 Å². The van der Waals surface area contributed by atoms with Crippen molar-refractivity contribution in [1.82, 2.24) is 4.90 Å². The number of rotatable bonds is 10. The van der Waals surface area contributed by atoms with Gasteiger partial charge in [0.15, 0.2) is 5.76 Å². The van der Waals surface area contributed by atoms with Gasteiger partial charge in [-0.2, -0.15) is 0 Å². The lowest BCUT2D eigenvalue weighted by atomic mass is 9.76. The van der Waals surface area contributed by atoms with Crippen molar-refractivity contribution < 1.29 is 13.9 Å². The van der Waals surface area contributed by atoms with Crippen molar-refractivity contribution in [2.75, 3.05) is 19.7 Å². The standard InChI is InChI=1S/C31H43NO3/c1-7-18-32(30(33)29-17-13-20-34-29)19-12-14-23(3)26(8-2)27-21-31(5,6)35-22-28(27)24(4)25-15-10-9-11-16-25/h2,13,17,20,25H,4,7,9-12,14-16,18-19,21-22H2,1,3,5-6H3/b26-23+. The lowest BCUT2D eigenvalue weighted by Gasteiger charge is -2.37. The molecule has 1 aromatic rings. The molecule has 0 unspecified atom stereocenters. The number of ether oxygens (including phenoxy) is 1. The number of allylic oxidation sites excluding steroid dienone is 2. The zero-order chi connectivity index (χ0) is 25.4. The molecule has 0 atom stereocenters. The van der Waals surface area contributed by atoms with Crippen LogP contribution in [-0.4, -0.2) is 36.1 Å². The second-order valence-corrected chi connectivity index (χ2v) is 10.7. The Bertz CT molecular complexity index is 981. The summed E-state index contributed by atoms with van der Waals surface area (Å²) in [5.41, 5.74) is 5.66. The van der Waals surface area contributed by atoms with Crippen LogP contribution >= 0.6 is 0 Å². The Morgan fingerprint density at radius 2 is 1.97 bits per heavy atom. The Morgan fingerprint density at radius 1 is 1.23 bits per heavy atom. The molecule has 2 heterocycles. The molecule has 0 spiro atoms. The van der Waals surface area contributed by atoms with Crippen LogP contribution in [0.15, 0.2) is 57.3 Å². The van der Waals surface area contributed by atoms with Gasteiger partial charge in [0.05, 0.1) is 18.5 Å². The minimum atomic E-state index is -0.249. The van der Waals surface area contributed by atoms with Gasteiger partial charge in [-0.1, -0.05) is 44.3 Å². The lowest BCUT2D eigenvalue weighted by molar-refractivity contribution is -0.0132. The van der Waals surface area contributed by atoms with E-state index in [0.717, 1.165) is 31.3 Å². The van der Waals surface area contributed by atoms with Crippen molar-refractivity contribution >= 4 is 5.91 Å².